The minimum atomic E-state index is -1.04. The highest BCUT2D eigenvalue weighted by Gasteiger charge is 2.07. The predicted octanol–water partition coefficient (Wildman–Crippen LogP) is 2.87. The number of likely N-dealkylation sites (N-methyl/N-ethyl adjacent to an activating group) is 1. The summed E-state index contributed by atoms with van der Waals surface area (Å²) >= 11 is 3.35. The van der Waals surface area contributed by atoms with Gasteiger partial charge in [-0.15, -0.1) is 12.4 Å². The molecule has 2 atom stereocenters. The van der Waals surface area contributed by atoms with Crippen LogP contribution >= 0.6 is 28.3 Å². The van der Waals surface area contributed by atoms with Gasteiger partial charge in [-0.25, -0.2) is 0 Å². The van der Waals surface area contributed by atoms with Crippen LogP contribution in [0.1, 0.15) is 26.7 Å². The highest BCUT2D eigenvalue weighted by molar-refractivity contribution is 9.10. The van der Waals surface area contributed by atoms with Crippen LogP contribution in [0.3, 0.4) is 0 Å². The van der Waals surface area contributed by atoms with E-state index in [9.17, 15) is 9.00 Å². The first kappa shape index (κ1) is 21.6. The second-order valence-corrected chi connectivity index (χ2v) is 7.36. The topological polar surface area (TPSA) is 58.2 Å². The van der Waals surface area contributed by atoms with Crippen molar-refractivity contribution in [3.63, 3.8) is 0 Å². The molecule has 0 fully saturated rings. The van der Waals surface area contributed by atoms with Gasteiger partial charge in [0.2, 0.25) is 5.91 Å². The number of benzene rings is 1. The van der Waals surface area contributed by atoms with E-state index in [1.807, 2.05) is 38.1 Å². The Hall–Kier alpha value is -0.430. The molecule has 0 saturated heterocycles. The van der Waals surface area contributed by atoms with Crippen molar-refractivity contribution in [2.24, 2.45) is 0 Å². The Morgan fingerprint density at radius 2 is 1.95 bits per heavy atom. The molecule has 0 saturated carbocycles. The Kier molecular flexibility index (Phi) is 11.8. The summed E-state index contributed by atoms with van der Waals surface area (Å²) < 4.78 is 13.0. The van der Waals surface area contributed by atoms with Crippen LogP contribution in [-0.2, 0) is 15.6 Å². The van der Waals surface area contributed by atoms with Gasteiger partial charge in [0.15, 0.2) is 0 Å². The molecule has 1 rings (SSSR count). The average molecular weight is 412 g/mol. The van der Waals surface area contributed by atoms with Gasteiger partial charge in [0.1, 0.15) is 0 Å². The normalized spacial score (nSPS) is 13.0. The zero-order chi connectivity index (χ0) is 15.7. The van der Waals surface area contributed by atoms with Crippen LogP contribution in [0.5, 0.6) is 0 Å². The molecule has 0 aliphatic rings. The van der Waals surface area contributed by atoms with E-state index >= 15 is 0 Å². The standard InChI is InChI=1S/C15H23BrN2O2S.ClH/c1-3-17-12(2)11-18-15(19)5-4-10-21(20)14-8-6-13(16)7-9-14;/h6-9,12,17H,3-5,10-11H2,1-2H3,(H,18,19);1H/t12-,21?;/m1./s1. The van der Waals surface area contributed by atoms with Gasteiger partial charge < -0.3 is 10.6 Å². The van der Waals surface area contributed by atoms with Crippen LogP contribution in [0.25, 0.3) is 0 Å². The Morgan fingerprint density at radius 3 is 2.55 bits per heavy atom. The van der Waals surface area contributed by atoms with E-state index in [-0.39, 0.29) is 24.4 Å². The van der Waals surface area contributed by atoms with Crippen molar-refractivity contribution in [3.05, 3.63) is 28.7 Å². The van der Waals surface area contributed by atoms with E-state index in [1.54, 1.807) is 0 Å². The largest absolute Gasteiger partial charge is 0.355 e. The van der Waals surface area contributed by atoms with Crippen LogP contribution in [0.15, 0.2) is 33.6 Å². The number of amides is 1. The molecule has 0 spiro atoms. The SMILES string of the molecule is CCN[C@H](C)CNC(=O)CCCS(=O)c1ccc(Br)cc1.Cl. The lowest BCUT2D eigenvalue weighted by atomic mass is 10.3. The first-order valence-corrected chi connectivity index (χ1v) is 9.28. The monoisotopic (exact) mass is 410 g/mol. The zero-order valence-corrected chi connectivity index (χ0v) is 16.2. The van der Waals surface area contributed by atoms with Gasteiger partial charge in [0.25, 0.3) is 0 Å². The molecular formula is C15H24BrClN2O2S. The molecule has 2 N–H and O–H groups in total. The van der Waals surface area contributed by atoms with E-state index in [0.29, 0.717) is 25.1 Å². The summed E-state index contributed by atoms with van der Waals surface area (Å²) in [5.41, 5.74) is 0. The summed E-state index contributed by atoms with van der Waals surface area (Å²) in [6, 6.07) is 7.72. The molecular weight excluding hydrogens is 388 g/mol. The van der Waals surface area contributed by atoms with E-state index in [2.05, 4.69) is 26.6 Å². The molecule has 0 aliphatic heterocycles. The third-order valence-electron chi connectivity index (χ3n) is 2.97. The fraction of sp³-hybridized carbons (Fsp3) is 0.533. The first-order valence-electron chi connectivity index (χ1n) is 7.17. The van der Waals surface area contributed by atoms with E-state index in [0.717, 1.165) is 15.9 Å². The third kappa shape index (κ3) is 8.88. The van der Waals surface area contributed by atoms with Gasteiger partial charge in [-0.05, 0) is 44.2 Å². The summed E-state index contributed by atoms with van der Waals surface area (Å²) in [5.74, 6) is 0.533. The van der Waals surface area contributed by atoms with Crippen molar-refractivity contribution in [1.29, 1.82) is 0 Å². The number of rotatable bonds is 9. The maximum atomic E-state index is 12.0. The molecule has 0 bridgehead atoms. The molecule has 0 aromatic heterocycles. The van der Waals surface area contributed by atoms with Crippen LogP contribution in [0.4, 0.5) is 0 Å². The third-order valence-corrected chi connectivity index (χ3v) is 4.95. The Morgan fingerprint density at radius 1 is 1.32 bits per heavy atom. The number of carbonyl (C=O) groups excluding carboxylic acids is 1. The summed E-state index contributed by atoms with van der Waals surface area (Å²) in [6.07, 6.45) is 1.05. The van der Waals surface area contributed by atoms with Gasteiger partial charge >= 0.3 is 0 Å². The van der Waals surface area contributed by atoms with E-state index < -0.39 is 10.8 Å². The lowest BCUT2D eigenvalue weighted by Crippen LogP contribution is -2.38. The Balaban J connectivity index is 0.00000441. The molecule has 22 heavy (non-hydrogen) atoms. The molecule has 1 aromatic carbocycles. The molecule has 0 heterocycles. The Bertz CT molecular complexity index is 471. The van der Waals surface area contributed by atoms with Crippen LogP contribution < -0.4 is 10.6 Å². The van der Waals surface area contributed by atoms with Crippen molar-refractivity contribution >= 4 is 45.0 Å². The number of carbonyl (C=O) groups is 1. The van der Waals surface area contributed by atoms with Crippen molar-refractivity contribution in [3.8, 4) is 0 Å². The highest BCUT2D eigenvalue weighted by Crippen LogP contribution is 2.14. The number of nitrogens with one attached hydrogen (secondary N) is 2. The van der Waals surface area contributed by atoms with Crippen molar-refractivity contribution in [1.82, 2.24) is 10.6 Å². The highest BCUT2D eigenvalue weighted by atomic mass is 79.9. The maximum Gasteiger partial charge on any atom is 0.220 e. The maximum absolute atomic E-state index is 12.0. The predicted molar refractivity (Wildman–Crippen MR) is 98.0 cm³/mol. The number of hydrogen-bond donors (Lipinski definition) is 2. The van der Waals surface area contributed by atoms with Gasteiger partial charge in [-0.1, -0.05) is 22.9 Å². The van der Waals surface area contributed by atoms with Crippen LogP contribution in [0.2, 0.25) is 0 Å². The number of halogens is 2. The van der Waals surface area contributed by atoms with Crippen molar-refractivity contribution in [2.75, 3.05) is 18.8 Å². The summed E-state index contributed by atoms with van der Waals surface area (Å²) in [6.45, 7) is 5.59. The molecule has 1 amide bonds. The first-order chi connectivity index (χ1) is 10.0. The second kappa shape index (κ2) is 12.0. The molecule has 4 nitrogen and oxygen atoms in total. The van der Waals surface area contributed by atoms with Gasteiger partial charge in [0.05, 0.1) is 10.8 Å². The molecule has 126 valence electrons. The molecule has 1 unspecified atom stereocenters. The minimum absolute atomic E-state index is 0. The molecule has 0 aliphatic carbocycles. The second-order valence-electron chi connectivity index (χ2n) is 4.87. The Labute approximate surface area is 149 Å². The van der Waals surface area contributed by atoms with Gasteiger partial charge in [-0.2, -0.15) is 0 Å². The lowest BCUT2D eigenvalue weighted by molar-refractivity contribution is -0.121. The smallest absolute Gasteiger partial charge is 0.220 e. The van der Waals surface area contributed by atoms with Gasteiger partial charge in [-0.3, -0.25) is 9.00 Å². The molecule has 7 heteroatoms. The lowest BCUT2D eigenvalue weighted by Gasteiger charge is -2.13. The van der Waals surface area contributed by atoms with Crippen molar-refractivity contribution in [2.45, 2.75) is 37.6 Å². The summed E-state index contributed by atoms with van der Waals surface area (Å²) in [4.78, 5) is 12.5. The van der Waals surface area contributed by atoms with Crippen molar-refractivity contribution < 1.29 is 9.00 Å². The van der Waals surface area contributed by atoms with Gasteiger partial charge in [0, 0.05) is 34.1 Å². The number of hydrogen-bond acceptors (Lipinski definition) is 3. The average Bonchev–Trinajstić information content (AvgIpc) is 2.46. The summed E-state index contributed by atoms with van der Waals surface area (Å²) in [7, 11) is -1.04. The van der Waals surface area contributed by atoms with E-state index in [1.165, 1.54) is 0 Å². The quantitative estimate of drug-likeness (QED) is 0.657. The zero-order valence-electron chi connectivity index (χ0n) is 12.9. The fourth-order valence-electron chi connectivity index (χ4n) is 1.84. The molecule has 0 radical (unpaired) electrons. The molecule has 1 aromatic rings. The summed E-state index contributed by atoms with van der Waals surface area (Å²) in [5, 5.41) is 6.12. The minimum Gasteiger partial charge on any atom is -0.355 e. The fourth-order valence-corrected chi connectivity index (χ4v) is 3.19. The van der Waals surface area contributed by atoms with Crippen LogP contribution in [-0.4, -0.2) is 35.0 Å². The van der Waals surface area contributed by atoms with Crippen LogP contribution in [0, 0.1) is 0 Å². The van der Waals surface area contributed by atoms with E-state index in [4.69, 9.17) is 0 Å².